The van der Waals surface area contributed by atoms with Crippen molar-refractivity contribution in [1.29, 1.82) is 0 Å². The average Bonchev–Trinajstić information content (AvgIpc) is 2.10. The summed E-state index contributed by atoms with van der Waals surface area (Å²) in [6.45, 7) is 0. The van der Waals surface area contributed by atoms with E-state index in [-0.39, 0.29) is 11.5 Å². The molecule has 0 aromatic heterocycles. The summed E-state index contributed by atoms with van der Waals surface area (Å²) < 4.78 is 0.549. The molecule has 2 nitrogen and oxygen atoms in total. The monoisotopic (exact) mass is 306 g/mol. The molecule has 1 N–H and O–H groups in total. The number of para-hydroxylation sites is 1. The molecule has 0 fully saturated rings. The van der Waals surface area contributed by atoms with Crippen LogP contribution in [-0.4, -0.2) is 16.2 Å². The number of benzene rings is 1. The number of halogens is 2. The summed E-state index contributed by atoms with van der Waals surface area (Å²) in [4.78, 5) is 11.4. The summed E-state index contributed by atoms with van der Waals surface area (Å²) in [5.74, 6) is -0.0378. The lowest BCUT2D eigenvalue weighted by atomic mass is 10.1. The second-order valence-electron chi connectivity index (χ2n) is 2.50. The molecule has 1 aromatic carbocycles. The lowest BCUT2D eigenvalue weighted by molar-refractivity contribution is 0.0987. The van der Waals surface area contributed by atoms with Crippen LogP contribution in [-0.2, 0) is 0 Å². The van der Waals surface area contributed by atoms with Gasteiger partial charge in [-0.1, -0.05) is 22.0 Å². The third-order valence-corrected chi connectivity index (χ3v) is 2.65. The first kappa shape index (κ1) is 10.7. The Balaban J connectivity index is 3.01. The van der Waals surface area contributed by atoms with Crippen LogP contribution in [0.25, 0.3) is 0 Å². The zero-order chi connectivity index (χ0) is 9.84. The van der Waals surface area contributed by atoms with Crippen LogP contribution in [0.3, 0.4) is 0 Å². The number of hydrogen-bond donors (Lipinski definition) is 1. The van der Waals surface area contributed by atoms with Crippen LogP contribution in [0.5, 0.6) is 5.75 Å². The SMILES string of the molecule is O=C(CCBr)c1cccc(Br)c1O. The molecule has 0 spiro atoms. The molecule has 0 bridgehead atoms. The van der Waals surface area contributed by atoms with E-state index in [1.807, 2.05) is 0 Å². The van der Waals surface area contributed by atoms with Gasteiger partial charge in [-0.05, 0) is 28.1 Å². The second kappa shape index (κ2) is 4.77. The Hall–Kier alpha value is -0.350. The summed E-state index contributed by atoms with van der Waals surface area (Å²) in [5.41, 5.74) is 0.369. The molecule has 0 atom stereocenters. The number of aromatic hydroxyl groups is 1. The van der Waals surface area contributed by atoms with Gasteiger partial charge >= 0.3 is 0 Å². The van der Waals surface area contributed by atoms with Gasteiger partial charge in [0.2, 0.25) is 0 Å². The van der Waals surface area contributed by atoms with Gasteiger partial charge in [0.05, 0.1) is 10.0 Å². The predicted octanol–water partition coefficient (Wildman–Crippen LogP) is 3.12. The van der Waals surface area contributed by atoms with Gasteiger partial charge in [0.1, 0.15) is 5.75 Å². The van der Waals surface area contributed by atoms with E-state index >= 15 is 0 Å². The van der Waals surface area contributed by atoms with E-state index in [1.165, 1.54) is 0 Å². The number of Topliss-reactive ketones (excluding diaryl/α,β-unsaturated/α-hetero) is 1. The normalized spacial score (nSPS) is 10.0. The molecule has 0 aliphatic rings. The molecule has 0 amide bonds. The van der Waals surface area contributed by atoms with Crippen LogP contribution in [0.1, 0.15) is 16.8 Å². The highest BCUT2D eigenvalue weighted by Gasteiger charge is 2.11. The number of phenolic OH excluding ortho intramolecular Hbond substituents is 1. The molecule has 13 heavy (non-hydrogen) atoms. The highest BCUT2D eigenvalue weighted by molar-refractivity contribution is 9.10. The van der Waals surface area contributed by atoms with E-state index < -0.39 is 0 Å². The van der Waals surface area contributed by atoms with Crippen LogP contribution in [0, 0.1) is 0 Å². The molecule has 1 rings (SSSR count). The van der Waals surface area contributed by atoms with Gasteiger partial charge in [0.15, 0.2) is 5.78 Å². The Labute approximate surface area is 93.2 Å². The minimum absolute atomic E-state index is 0.0217. The minimum Gasteiger partial charge on any atom is -0.506 e. The smallest absolute Gasteiger partial charge is 0.167 e. The highest BCUT2D eigenvalue weighted by atomic mass is 79.9. The first-order valence-electron chi connectivity index (χ1n) is 3.73. The maximum atomic E-state index is 11.4. The van der Waals surface area contributed by atoms with Gasteiger partial charge in [-0.15, -0.1) is 0 Å². The molecule has 0 unspecified atom stereocenters. The molecule has 4 heteroatoms. The number of ketones is 1. The third kappa shape index (κ3) is 2.54. The first-order chi connectivity index (χ1) is 6.16. The Bertz CT molecular complexity index is 323. The largest absolute Gasteiger partial charge is 0.506 e. The van der Waals surface area contributed by atoms with E-state index in [0.717, 1.165) is 0 Å². The third-order valence-electron chi connectivity index (χ3n) is 1.61. The van der Waals surface area contributed by atoms with Crippen molar-refractivity contribution in [3.8, 4) is 5.75 Å². The van der Waals surface area contributed by atoms with Crippen molar-refractivity contribution in [2.24, 2.45) is 0 Å². The fourth-order valence-electron chi connectivity index (χ4n) is 0.961. The number of carbonyl (C=O) groups is 1. The molecule has 0 saturated carbocycles. The van der Waals surface area contributed by atoms with E-state index in [2.05, 4.69) is 31.9 Å². The van der Waals surface area contributed by atoms with E-state index in [1.54, 1.807) is 18.2 Å². The molecule has 0 saturated heterocycles. The van der Waals surface area contributed by atoms with Crippen molar-refractivity contribution < 1.29 is 9.90 Å². The quantitative estimate of drug-likeness (QED) is 0.688. The number of phenols is 1. The summed E-state index contributed by atoms with van der Waals surface area (Å²) in [6.07, 6.45) is 0.393. The second-order valence-corrected chi connectivity index (χ2v) is 4.15. The first-order valence-corrected chi connectivity index (χ1v) is 5.65. The van der Waals surface area contributed by atoms with Crippen LogP contribution in [0.2, 0.25) is 0 Å². The Kier molecular flexibility index (Phi) is 3.93. The molecule has 0 aliphatic heterocycles. The van der Waals surface area contributed by atoms with Crippen molar-refractivity contribution >= 4 is 37.6 Å². The average molecular weight is 308 g/mol. The van der Waals surface area contributed by atoms with Gasteiger partial charge in [0, 0.05) is 11.8 Å². The molecule has 0 radical (unpaired) electrons. The van der Waals surface area contributed by atoms with Crippen LogP contribution < -0.4 is 0 Å². The standard InChI is InChI=1S/C9H8Br2O2/c10-5-4-8(12)6-2-1-3-7(11)9(6)13/h1-3,13H,4-5H2. The number of hydrogen-bond acceptors (Lipinski definition) is 2. The van der Waals surface area contributed by atoms with Gasteiger partial charge in [-0.2, -0.15) is 0 Å². The van der Waals surface area contributed by atoms with Crippen molar-refractivity contribution in [1.82, 2.24) is 0 Å². The highest BCUT2D eigenvalue weighted by Crippen LogP contribution is 2.28. The van der Waals surface area contributed by atoms with Gasteiger partial charge in [0.25, 0.3) is 0 Å². The Morgan fingerprint density at radius 3 is 2.77 bits per heavy atom. The van der Waals surface area contributed by atoms with Gasteiger partial charge < -0.3 is 5.11 Å². The molecule has 1 aromatic rings. The maximum Gasteiger partial charge on any atom is 0.167 e. The minimum atomic E-state index is -0.0596. The summed E-state index contributed by atoms with van der Waals surface area (Å²) in [5, 5.41) is 10.1. The fraction of sp³-hybridized carbons (Fsp3) is 0.222. The molecule has 70 valence electrons. The number of alkyl halides is 1. The fourth-order valence-corrected chi connectivity index (χ4v) is 1.69. The topological polar surface area (TPSA) is 37.3 Å². The van der Waals surface area contributed by atoms with Crippen molar-refractivity contribution in [2.45, 2.75) is 6.42 Å². The van der Waals surface area contributed by atoms with E-state index in [4.69, 9.17) is 0 Å². The van der Waals surface area contributed by atoms with Gasteiger partial charge in [-0.25, -0.2) is 0 Å². The summed E-state index contributed by atoms with van der Waals surface area (Å²) >= 11 is 6.33. The Morgan fingerprint density at radius 2 is 2.15 bits per heavy atom. The van der Waals surface area contributed by atoms with E-state index in [9.17, 15) is 9.90 Å². The summed E-state index contributed by atoms with van der Waals surface area (Å²) in [7, 11) is 0. The molecule has 0 heterocycles. The van der Waals surface area contributed by atoms with Crippen molar-refractivity contribution in [3.63, 3.8) is 0 Å². The lowest BCUT2D eigenvalue weighted by Gasteiger charge is -2.03. The number of rotatable bonds is 3. The zero-order valence-electron chi connectivity index (χ0n) is 6.76. The Morgan fingerprint density at radius 1 is 1.46 bits per heavy atom. The van der Waals surface area contributed by atoms with E-state index in [0.29, 0.717) is 21.8 Å². The van der Waals surface area contributed by atoms with Gasteiger partial charge in [-0.3, -0.25) is 4.79 Å². The summed E-state index contributed by atoms with van der Waals surface area (Å²) in [6, 6.07) is 5.04. The zero-order valence-corrected chi connectivity index (χ0v) is 9.93. The molecular weight excluding hydrogens is 300 g/mol. The van der Waals surface area contributed by atoms with Crippen molar-refractivity contribution in [2.75, 3.05) is 5.33 Å². The molecular formula is C9H8Br2O2. The van der Waals surface area contributed by atoms with Crippen molar-refractivity contribution in [3.05, 3.63) is 28.2 Å². The van der Waals surface area contributed by atoms with Crippen LogP contribution >= 0.6 is 31.9 Å². The predicted molar refractivity (Wildman–Crippen MR) is 58.5 cm³/mol. The van der Waals surface area contributed by atoms with Crippen LogP contribution in [0.15, 0.2) is 22.7 Å². The van der Waals surface area contributed by atoms with Crippen LogP contribution in [0.4, 0.5) is 0 Å². The molecule has 0 aliphatic carbocycles. The lowest BCUT2D eigenvalue weighted by Crippen LogP contribution is -1.99. The maximum absolute atomic E-state index is 11.4. The number of carbonyl (C=O) groups excluding carboxylic acids is 1.